The number of hydrogen-bond acceptors (Lipinski definition) is 2. The highest BCUT2D eigenvalue weighted by atomic mass is 19.1. The van der Waals surface area contributed by atoms with Crippen LogP contribution >= 0.6 is 0 Å². The molecule has 68 valence electrons. The number of aromatic nitrogens is 2. The molecule has 12 heavy (non-hydrogen) atoms. The van der Waals surface area contributed by atoms with Crippen molar-refractivity contribution in [3.63, 3.8) is 0 Å². The van der Waals surface area contributed by atoms with Crippen molar-refractivity contribution in [1.82, 2.24) is 9.78 Å². The van der Waals surface area contributed by atoms with Crippen molar-refractivity contribution < 1.29 is 4.39 Å². The summed E-state index contributed by atoms with van der Waals surface area (Å²) >= 11 is 0. The Morgan fingerprint density at radius 2 is 2.25 bits per heavy atom. The van der Waals surface area contributed by atoms with Crippen molar-refractivity contribution >= 4 is 5.69 Å². The van der Waals surface area contributed by atoms with Gasteiger partial charge in [0.15, 0.2) is 0 Å². The van der Waals surface area contributed by atoms with Gasteiger partial charge in [-0.05, 0) is 19.3 Å². The van der Waals surface area contributed by atoms with Gasteiger partial charge in [0.05, 0.1) is 18.6 Å². The zero-order chi connectivity index (χ0) is 8.81. The minimum Gasteiger partial charge on any atom is -0.396 e. The predicted octanol–water partition coefficient (Wildman–Crippen LogP) is 1.61. The van der Waals surface area contributed by atoms with E-state index in [1.807, 2.05) is 0 Å². The molecule has 0 fully saturated rings. The first-order chi connectivity index (χ1) is 5.83. The molecule has 0 radical (unpaired) electrons. The van der Waals surface area contributed by atoms with Crippen molar-refractivity contribution in [1.29, 1.82) is 0 Å². The Balaban J connectivity index is 2.15. The summed E-state index contributed by atoms with van der Waals surface area (Å²) < 4.78 is 13.5. The Morgan fingerprint density at radius 3 is 2.83 bits per heavy atom. The number of unbranched alkanes of at least 4 members (excludes halogenated alkanes) is 2. The molecule has 0 atom stereocenters. The summed E-state index contributed by atoms with van der Waals surface area (Å²) in [5.41, 5.74) is 6.15. The fourth-order valence-corrected chi connectivity index (χ4v) is 1.05. The molecule has 1 rings (SSSR count). The van der Waals surface area contributed by atoms with Crippen LogP contribution in [0.25, 0.3) is 0 Å². The molecule has 1 aromatic heterocycles. The van der Waals surface area contributed by atoms with E-state index >= 15 is 0 Å². The first kappa shape index (κ1) is 9.03. The Bertz CT molecular complexity index is 222. The lowest BCUT2D eigenvalue weighted by molar-refractivity contribution is 0.443. The number of rotatable bonds is 5. The van der Waals surface area contributed by atoms with E-state index in [2.05, 4.69) is 5.10 Å². The average Bonchev–Trinajstić information content (AvgIpc) is 2.45. The van der Waals surface area contributed by atoms with E-state index in [9.17, 15) is 4.39 Å². The van der Waals surface area contributed by atoms with E-state index < -0.39 is 0 Å². The molecule has 0 aromatic carbocycles. The molecule has 0 saturated carbocycles. The minimum atomic E-state index is -0.221. The maximum Gasteiger partial charge on any atom is 0.0894 e. The molecule has 1 aromatic rings. The van der Waals surface area contributed by atoms with Crippen LogP contribution in [0.3, 0.4) is 0 Å². The molecule has 2 N–H and O–H groups in total. The van der Waals surface area contributed by atoms with Crippen LogP contribution < -0.4 is 5.73 Å². The van der Waals surface area contributed by atoms with E-state index in [4.69, 9.17) is 5.73 Å². The maximum atomic E-state index is 11.7. The monoisotopic (exact) mass is 171 g/mol. The zero-order valence-corrected chi connectivity index (χ0v) is 7.04. The van der Waals surface area contributed by atoms with Gasteiger partial charge in [-0.3, -0.25) is 9.07 Å². The Labute approximate surface area is 71.4 Å². The molecule has 0 bridgehead atoms. The third-order valence-electron chi connectivity index (χ3n) is 1.67. The van der Waals surface area contributed by atoms with E-state index in [-0.39, 0.29) is 6.67 Å². The van der Waals surface area contributed by atoms with Crippen molar-refractivity contribution in [2.24, 2.45) is 0 Å². The number of hydrogen-bond donors (Lipinski definition) is 1. The lowest BCUT2D eigenvalue weighted by atomic mass is 10.2. The lowest BCUT2D eigenvalue weighted by Gasteiger charge is -1.98. The van der Waals surface area contributed by atoms with Gasteiger partial charge in [-0.15, -0.1) is 0 Å². The van der Waals surface area contributed by atoms with Crippen LogP contribution in [0.15, 0.2) is 12.4 Å². The van der Waals surface area contributed by atoms with Crippen LogP contribution in [0.1, 0.15) is 19.3 Å². The van der Waals surface area contributed by atoms with Gasteiger partial charge < -0.3 is 5.73 Å². The Hall–Kier alpha value is -1.06. The number of halogens is 1. The summed E-state index contributed by atoms with van der Waals surface area (Å²) in [5, 5.41) is 4.01. The lowest BCUT2D eigenvalue weighted by Crippen LogP contribution is -1.98. The largest absolute Gasteiger partial charge is 0.396 e. The van der Waals surface area contributed by atoms with Crippen LogP contribution in [0.5, 0.6) is 0 Å². The summed E-state index contributed by atoms with van der Waals surface area (Å²) in [6.45, 7) is 0.610. The molecule has 1 heterocycles. The maximum absolute atomic E-state index is 11.7. The van der Waals surface area contributed by atoms with E-state index in [1.165, 1.54) is 0 Å². The number of alkyl halides is 1. The SMILES string of the molecule is Nc1cnn(CCCCCF)c1. The topological polar surface area (TPSA) is 43.8 Å². The van der Waals surface area contributed by atoms with Crippen LogP contribution in [-0.2, 0) is 6.54 Å². The van der Waals surface area contributed by atoms with Crippen molar-refractivity contribution in [3.05, 3.63) is 12.4 Å². The fraction of sp³-hybridized carbons (Fsp3) is 0.625. The molecular formula is C8H14FN3. The molecule has 0 aliphatic carbocycles. The summed E-state index contributed by atoms with van der Waals surface area (Å²) in [5.74, 6) is 0. The molecule has 0 unspecified atom stereocenters. The number of nitrogens with zero attached hydrogens (tertiary/aromatic N) is 2. The first-order valence-electron chi connectivity index (χ1n) is 4.17. The average molecular weight is 171 g/mol. The number of nitrogens with two attached hydrogens (primary N) is 1. The summed E-state index contributed by atoms with van der Waals surface area (Å²) in [6, 6.07) is 0. The standard InChI is InChI=1S/C8H14FN3/c9-4-2-1-3-5-12-7-8(10)6-11-12/h6-7H,1-5,10H2. The van der Waals surface area contributed by atoms with Crippen molar-refractivity contribution in [2.45, 2.75) is 25.8 Å². The van der Waals surface area contributed by atoms with Gasteiger partial charge in [-0.1, -0.05) is 0 Å². The normalized spacial score (nSPS) is 10.4. The summed E-state index contributed by atoms with van der Waals surface area (Å²) in [4.78, 5) is 0. The first-order valence-corrected chi connectivity index (χ1v) is 4.17. The Kier molecular flexibility index (Phi) is 3.57. The second kappa shape index (κ2) is 4.74. The zero-order valence-electron chi connectivity index (χ0n) is 7.04. The molecule has 0 amide bonds. The summed E-state index contributed by atoms with van der Waals surface area (Å²) in [7, 11) is 0. The molecule has 0 aliphatic heterocycles. The number of aryl methyl sites for hydroxylation is 1. The molecule has 0 spiro atoms. The molecule has 0 saturated heterocycles. The van der Waals surface area contributed by atoms with Gasteiger partial charge >= 0.3 is 0 Å². The molecular weight excluding hydrogens is 157 g/mol. The molecule has 0 aliphatic rings. The second-order valence-electron chi connectivity index (χ2n) is 2.79. The number of nitrogen functional groups attached to an aromatic ring is 1. The highest BCUT2D eigenvalue weighted by Gasteiger charge is 1.93. The van der Waals surface area contributed by atoms with E-state index in [0.29, 0.717) is 12.1 Å². The third kappa shape index (κ3) is 2.90. The van der Waals surface area contributed by atoms with Gasteiger partial charge in [-0.2, -0.15) is 5.10 Å². The van der Waals surface area contributed by atoms with Gasteiger partial charge in [0, 0.05) is 12.7 Å². The van der Waals surface area contributed by atoms with Gasteiger partial charge in [-0.25, -0.2) is 0 Å². The van der Waals surface area contributed by atoms with Gasteiger partial charge in [0.1, 0.15) is 0 Å². The van der Waals surface area contributed by atoms with Crippen LogP contribution in [0.2, 0.25) is 0 Å². The van der Waals surface area contributed by atoms with Crippen molar-refractivity contribution in [2.75, 3.05) is 12.4 Å². The van der Waals surface area contributed by atoms with Gasteiger partial charge in [0.2, 0.25) is 0 Å². The minimum absolute atomic E-state index is 0.221. The van der Waals surface area contributed by atoms with Crippen LogP contribution in [-0.4, -0.2) is 16.5 Å². The quantitative estimate of drug-likeness (QED) is 0.684. The van der Waals surface area contributed by atoms with E-state index in [0.717, 1.165) is 19.4 Å². The molecule has 4 heteroatoms. The second-order valence-corrected chi connectivity index (χ2v) is 2.79. The summed E-state index contributed by atoms with van der Waals surface area (Å²) in [6.07, 6.45) is 5.93. The third-order valence-corrected chi connectivity index (χ3v) is 1.67. The Morgan fingerprint density at radius 1 is 1.42 bits per heavy atom. The molecule has 3 nitrogen and oxygen atoms in total. The fourth-order valence-electron chi connectivity index (χ4n) is 1.05. The highest BCUT2D eigenvalue weighted by molar-refractivity contribution is 5.30. The van der Waals surface area contributed by atoms with Gasteiger partial charge in [0.25, 0.3) is 0 Å². The van der Waals surface area contributed by atoms with Crippen LogP contribution in [0, 0.1) is 0 Å². The number of anilines is 1. The predicted molar refractivity (Wildman–Crippen MR) is 46.5 cm³/mol. The van der Waals surface area contributed by atoms with Crippen LogP contribution in [0.4, 0.5) is 10.1 Å². The van der Waals surface area contributed by atoms with Crippen molar-refractivity contribution in [3.8, 4) is 0 Å². The highest BCUT2D eigenvalue weighted by Crippen LogP contribution is 2.02. The smallest absolute Gasteiger partial charge is 0.0894 e. The van der Waals surface area contributed by atoms with E-state index in [1.54, 1.807) is 17.1 Å².